The number of benzene rings is 1. The van der Waals surface area contributed by atoms with Crippen LogP contribution in [0, 0.1) is 26.7 Å². The van der Waals surface area contributed by atoms with Gasteiger partial charge in [-0.05, 0) is 64.2 Å². The van der Waals surface area contributed by atoms with Crippen LogP contribution in [0.25, 0.3) is 10.9 Å². The minimum atomic E-state index is 0.0722. The lowest BCUT2D eigenvalue weighted by molar-refractivity contribution is 0.0787. The maximum absolute atomic E-state index is 13.1. The van der Waals surface area contributed by atoms with Crippen molar-refractivity contribution in [3.8, 4) is 0 Å². The molecule has 0 bridgehead atoms. The lowest BCUT2D eigenvalue weighted by Gasteiger charge is -2.23. The summed E-state index contributed by atoms with van der Waals surface area (Å²) in [6.07, 6.45) is 0.977. The molecule has 1 aliphatic rings. The molecular weight excluding hydrogens is 324 g/mol. The predicted molar refractivity (Wildman–Crippen MR) is 106 cm³/mol. The fourth-order valence-electron chi connectivity index (χ4n) is 3.89. The summed E-state index contributed by atoms with van der Waals surface area (Å²) in [5.74, 6) is 0.592. The molecule has 0 radical (unpaired) electrons. The lowest BCUT2D eigenvalue weighted by atomic mass is 9.93. The highest BCUT2D eigenvalue weighted by molar-refractivity contribution is 6.06. The number of rotatable bonds is 4. The van der Waals surface area contributed by atoms with E-state index in [0.717, 1.165) is 40.7 Å². The average Bonchev–Trinajstić information content (AvgIpc) is 2.93. The standard InChI is InChI=1S/C21H30N4O/c1-12-7-8-18-19(11-13(2)22-20(18)14(12)3)21(26)25(6)10-9-17-15(4)23-24-16(17)5/h7-8,11,15-17,23-24H,9-10H2,1-6H3. The number of carbonyl (C=O) groups is 1. The third-order valence-electron chi connectivity index (χ3n) is 5.83. The molecule has 2 heterocycles. The molecule has 5 nitrogen and oxygen atoms in total. The van der Waals surface area contributed by atoms with Gasteiger partial charge < -0.3 is 4.90 Å². The van der Waals surface area contributed by atoms with E-state index in [4.69, 9.17) is 0 Å². The monoisotopic (exact) mass is 354 g/mol. The van der Waals surface area contributed by atoms with E-state index in [1.807, 2.05) is 31.0 Å². The van der Waals surface area contributed by atoms with Crippen LogP contribution in [0.15, 0.2) is 18.2 Å². The van der Waals surface area contributed by atoms with Crippen LogP contribution in [0.5, 0.6) is 0 Å². The van der Waals surface area contributed by atoms with Crippen molar-refractivity contribution >= 4 is 16.8 Å². The third-order valence-corrected chi connectivity index (χ3v) is 5.83. The summed E-state index contributed by atoms with van der Waals surface area (Å²) in [6, 6.07) is 6.86. The molecule has 5 heteroatoms. The number of hydrogen-bond acceptors (Lipinski definition) is 4. The molecule has 0 aliphatic carbocycles. The Bertz CT molecular complexity index is 822. The quantitative estimate of drug-likeness (QED) is 0.886. The molecule has 1 fully saturated rings. The molecular formula is C21H30N4O. The van der Waals surface area contributed by atoms with E-state index in [0.29, 0.717) is 18.0 Å². The summed E-state index contributed by atoms with van der Waals surface area (Å²) in [4.78, 5) is 19.7. The van der Waals surface area contributed by atoms with Crippen LogP contribution in [0.4, 0.5) is 0 Å². The zero-order chi connectivity index (χ0) is 19.0. The van der Waals surface area contributed by atoms with Crippen LogP contribution < -0.4 is 10.9 Å². The number of nitrogens with one attached hydrogen (secondary N) is 2. The van der Waals surface area contributed by atoms with Gasteiger partial charge in [0, 0.05) is 36.8 Å². The van der Waals surface area contributed by atoms with Gasteiger partial charge in [-0.3, -0.25) is 20.6 Å². The van der Waals surface area contributed by atoms with E-state index >= 15 is 0 Å². The first kappa shape index (κ1) is 18.8. The number of aromatic nitrogens is 1. The van der Waals surface area contributed by atoms with Gasteiger partial charge in [-0.2, -0.15) is 0 Å². The fourth-order valence-corrected chi connectivity index (χ4v) is 3.89. The topological polar surface area (TPSA) is 57.3 Å². The zero-order valence-electron chi connectivity index (χ0n) is 16.7. The van der Waals surface area contributed by atoms with Crippen LogP contribution in [-0.2, 0) is 0 Å². The maximum atomic E-state index is 13.1. The second-order valence-electron chi connectivity index (χ2n) is 7.76. The molecule has 0 saturated carbocycles. The van der Waals surface area contributed by atoms with Gasteiger partial charge in [0.2, 0.25) is 0 Å². The fraction of sp³-hybridized carbons (Fsp3) is 0.524. The summed E-state index contributed by atoms with van der Waals surface area (Å²) in [6.45, 7) is 11.2. The van der Waals surface area contributed by atoms with Crippen molar-refractivity contribution < 1.29 is 4.79 Å². The number of amides is 1. The molecule has 0 spiro atoms. The van der Waals surface area contributed by atoms with E-state index in [1.165, 1.54) is 5.56 Å². The second-order valence-corrected chi connectivity index (χ2v) is 7.76. The van der Waals surface area contributed by atoms with Gasteiger partial charge >= 0.3 is 0 Å². The Kier molecular flexibility index (Phi) is 5.30. The molecule has 1 saturated heterocycles. The molecule has 2 aromatic rings. The molecule has 26 heavy (non-hydrogen) atoms. The van der Waals surface area contributed by atoms with Crippen molar-refractivity contribution in [2.24, 2.45) is 5.92 Å². The molecule has 1 aromatic carbocycles. The maximum Gasteiger partial charge on any atom is 0.254 e. The van der Waals surface area contributed by atoms with Crippen molar-refractivity contribution in [1.29, 1.82) is 0 Å². The molecule has 1 aromatic heterocycles. The molecule has 2 N–H and O–H groups in total. The Labute approximate surface area is 156 Å². The molecule has 3 rings (SSSR count). The first-order valence-corrected chi connectivity index (χ1v) is 9.43. The van der Waals surface area contributed by atoms with Gasteiger partial charge in [0.25, 0.3) is 5.91 Å². The Balaban J connectivity index is 1.84. The summed E-state index contributed by atoms with van der Waals surface area (Å²) in [7, 11) is 1.90. The molecule has 2 unspecified atom stereocenters. The van der Waals surface area contributed by atoms with Crippen molar-refractivity contribution in [3.05, 3.63) is 40.6 Å². The first-order valence-electron chi connectivity index (χ1n) is 9.43. The van der Waals surface area contributed by atoms with Gasteiger partial charge in [-0.15, -0.1) is 0 Å². The minimum absolute atomic E-state index is 0.0722. The van der Waals surface area contributed by atoms with Gasteiger partial charge in [0.1, 0.15) is 0 Å². The van der Waals surface area contributed by atoms with E-state index < -0.39 is 0 Å². The molecule has 1 amide bonds. The Morgan fingerprint density at radius 3 is 2.46 bits per heavy atom. The van der Waals surface area contributed by atoms with Crippen LogP contribution in [0.1, 0.15) is 47.4 Å². The van der Waals surface area contributed by atoms with Gasteiger partial charge in [0.15, 0.2) is 0 Å². The van der Waals surface area contributed by atoms with E-state index in [9.17, 15) is 4.79 Å². The van der Waals surface area contributed by atoms with Gasteiger partial charge in [0.05, 0.1) is 11.1 Å². The van der Waals surface area contributed by atoms with Crippen LogP contribution in [-0.4, -0.2) is 41.5 Å². The van der Waals surface area contributed by atoms with Crippen molar-refractivity contribution in [3.63, 3.8) is 0 Å². The number of hydrogen-bond donors (Lipinski definition) is 2. The predicted octanol–water partition coefficient (Wildman–Crippen LogP) is 3.12. The zero-order valence-corrected chi connectivity index (χ0v) is 16.7. The van der Waals surface area contributed by atoms with Crippen molar-refractivity contribution in [2.75, 3.05) is 13.6 Å². The minimum Gasteiger partial charge on any atom is -0.342 e. The molecule has 1 aliphatic heterocycles. The Morgan fingerprint density at radius 1 is 1.15 bits per heavy atom. The van der Waals surface area contributed by atoms with Crippen LogP contribution >= 0.6 is 0 Å². The van der Waals surface area contributed by atoms with Gasteiger partial charge in [-0.25, -0.2) is 0 Å². The van der Waals surface area contributed by atoms with Crippen LogP contribution in [0.2, 0.25) is 0 Å². The Morgan fingerprint density at radius 2 is 1.81 bits per heavy atom. The normalized spacial score (nSPS) is 22.8. The van der Waals surface area contributed by atoms with Gasteiger partial charge in [-0.1, -0.05) is 12.1 Å². The third kappa shape index (κ3) is 3.46. The van der Waals surface area contributed by atoms with E-state index in [1.54, 1.807) is 0 Å². The summed E-state index contributed by atoms with van der Waals surface area (Å²) < 4.78 is 0. The van der Waals surface area contributed by atoms with E-state index in [2.05, 4.69) is 49.6 Å². The smallest absolute Gasteiger partial charge is 0.254 e. The second kappa shape index (κ2) is 7.33. The molecule has 2 atom stereocenters. The number of hydrazine groups is 1. The highest BCUT2D eigenvalue weighted by Crippen LogP contribution is 2.25. The number of carbonyl (C=O) groups excluding carboxylic acids is 1. The molecule has 140 valence electrons. The SMILES string of the molecule is Cc1cc(C(=O)N(C)CCC2C(C)NNC2C)c2ccc(C)c(C)c2n1. The number of aryl methyl sites for hydroxylation is 3. The average molecular weight is 354 g/mol. The summed E-state index contributed by atoms with van der Waals surface area (Å²) >= 11 is 0. The number of nitrogens with zero attached hydrogens (tertiary/aromatic N) is 2. The van der Waals surface area contributed by atoms with E-state index in [-0.39, 0.29) is 5.91 Å². The van der Waals surface area contributed by atoms with Crippen LogP contribution in [0.3, 0.4) is 0 Å². The van der Waals surface area contributed by atoms with Crippen molar-refractivity contribution in [1.82, 2.24) is 20.7 Å². The number of fused-ring (bicyclic) bond motifs is 1. The largest absolute Gasteiger partial charge is 0.342 e. The lowest BCUT2D eigenvalue weighted by Crippen LogP contribution is -2.32. The first-order chi connectivity index (χ1) is 12.3. The summed E-state index contributed by atoms with van der Waals surface area (Å²) in [5, 5.41) is 0.946. The Hall–Kier alpha value is -1.98. The number of pyridine rings is 1. The highest BCUT2D eigenvalue weighted by Gasteiger charge is 2.30. The van der Waals surface area contributed by atoms with Crippen molar-refractivity contribution in [2.45, 2.75) is 53.1 Å². The highest BCUT2D eigenvalue weighted by atomic mass is 16.2. The summed E-state index contributed by atoms with van der Waals surface area (Å²) in [5.41, 5.74) is 11.5.